The van der Waals surface area contributed by atoms with Crippen LogP contribution in [0.1, 0.15) is 38.5 Å². The minimum Gasteiger partial charge on any atom is -0.381 e. The first-order valence-corrected chi connectivity index (χ1v) is 7.59. The van der Waals surface area contributed by atoms with Crippen molar-refractivity contribution in [2.45, 2.75) is 56.1 Å². The molecule has 0 radical (unpaired) electrons. The van der Waals surface area contributed by atoms with E-state index in [1.807, 2.05) is 0 Å². The Kier molecular flexibility index (Phi) is 3.78. The van der Waals surface area contributed by atoms with Gasteiger partial charge in [0.05, 0.1) is 5.54 Å². The van der Waals surface area contributed by atoms with Crippen LogP contribution in [0.15, 0.2) is 0 Å². The van der Waals surface area contributed by atoms with Crippen molar-refractivity contribution in [3.05, 3.63) is 0 Å². The highest BCUT2D eigenvalue weighted by atomic mass is 16.5. The van der Waals surface area contributed by atoms with E-state index in [0.717, 1.165) is 32.0 Å². The molecule has 0 atom stereocenters. The lowest BCUT2D eigenvalue weighted by atomic mass is 9.89. The van der Waals surface area contributed by atoms with Crippen molar-refractivity contribution in [3.8, 4) is 0 Å². The number of carbonyl (C=O) groups excluding carboxylic acids is 1. The SMILES string of the molecule is NC1(C(=O)NC2CCN(C3CC3)CC2)CCOCC1. The van der Waals surface area contributed by atoms with Gasteiger partial charge in [0.25, 0.3) is 0 Å². The minimum atomic E-state index is -0.703. The number of likely N-dealkylation sites (tertiary alicyclic amines) is 1. The third kappa shape index (κ3) is 3.09. The first-order chi connectivity index (χ1) is 9.17. The highest BCUT2D eigenvalue weighted by Gasteiger charge is 2.38. The minimum absolute atomic E-state index is 0.0284. The zero-order valence-corrected chi connectivity index (χ0v) is 11.6. The first-order valence-electron chi connectivity index (χ1n) is 7.59. The molecule has 0 aromatic carbocycles. The Bertz CT molecular complexity index is 330. The van der Waals surface area contributed by atoms with E-state index in [0.29, 0.717) is 32.1 Å². The summed E-state index contributed by atoms with van der Waals surface area (Å²) in [6.45, 7) is 3.45. The topological polar surface area (TPSA) is 67.6 Å². The average molecular weight is 267 g/mol. The number of amides is 1. The predicted octanol–water partition coefficient (Wildman–Crippen LogP) is 0.237. The van der Waals surface area contributed by atoms with Gasteiger partial charge in [0, 0.05) is 38.4 Å². The molecule has 3 fully saturated rings. The molecule has 5 nitrogen and oxygen atoms in total. The Morgan fingerprint density at radius 3 is 2.37 bits per heavy atom. The van der Waals surface area contributed by atoms with Gasteiger partial charge in [0.15, 0.2) is 0 Å². The van der Waals surface area contributed by atoms with Gasteiger partial charge in [-0.3, -0.25) is 4.79 Å². The van der Waals surface area contributed by atoms with Crippen molar-refractivity contribution < 1.29 is 9.53 Å². The summed E-state index contributed by atoms with van der Waals surface area (Å²) in [5.74, 6) is 0.0284. The van der Waals surface area contributed by atoms with Crippen LogP contribution in [0.4, 0.5) is 0 Å². The van der Waals surface area contributed by atoms with Gasteiger partial charge in [-0.1, -0.05) is 0 Å². The second-order valence-corrected chi connectivity index (χ2v) is 6.28. The lowest BCUT2D eigenvalue weighted by molar-refractivity contribution is -0.130. The van der Waals surface area contributed by atoms with Gasteiger partial charge in [-0.05, 0) is 38.5 Å². The summed E-state index contributed by atoms with van der Waals surface area (Å²) in [5, 5.41) is 3.16. The second kappa shape index (κ2) is 5.38. The summed E-state index contributed by atoms with van der Waals surface area (Å²) in [6.07, 6.45) is 6.13. The number of carbonyl (C=O) groups is 1. The van der Waals surface area contributed by atoms with E-state index in [4.69, 9.17) is 10.5 Å². The molecule has 3 aliphatic rings. The van der Waals surface area contributed by atoms with E-state index in [1.54, 1.807) is 0 Å². The molecule has 0 bridgehead atoms. The number of hydrogen-bond acceptors (Lipinski definition) is 4. The van der Waals surface area contributed by atoms with Crippen molar-refractivity contribution in [3.63, 3.8) is 0 Å². The van der Waals surface area contributed by atoms with E-state index >= 15 is 0 Å². The van der Waals surface area contributed by atoms with Gasteiger partial charge in [0.1, 0.15) is 0 Å². The fourth-order valence-corrected chi connectivity index (χ4v) is 3.14. The number of piperidine rings is 1. The molecule has 108 valence electrons. The van der Waals surface area contributed by atoms with Gasteiger partial charge in [0.2, 0.25) is 5.91 Å². The summed E-state index contributed by atoms with van der Waals surface area (Å²) in [7, 11) is 0. The van der Waals surface area contributed by atoms with Crippen molar-refractivity contribution in [2.75, 3.05) is 26.3 Å². The first kappa shape index (κ1) is 13.3. The van der Waals surface area contributed by atoms with Crippen LogP contribution in [0.3, 0.4) is 0 Å². The van der Waals surface area contributed by atoms with Crippen molar-refractivity contribution in [1.82, 2.24) is 10.2 Å². The maximum absolute atomic E-state index is 12.3. The van der Waals surface area contributed by atoms with Gasteiger partial charge < -0.3 is 20.7 Å². The number of rotatable bonds is 3. The lowest BCUT2D eigenvalue weighted by Crippen LogP contribution is -2.59. The van der Waals surface area contributed by atoms with Crippen molar-refractivity contribution >= 4 is 5.91 Å². The Balaban J connectivity index is 1.47. The van der Waals surface area contributed by atoms with Crippen LogP contribution in [0, 0.1) is 0 Å². The molecule has 2 heterocycles. The Labute approximate surface area is 114 Å². The largest absolute Gasteiger partial charge is 0.381 e. The normalized spacial score (nSPS) is 29.1. The summed E-state index contributed by atoms with van der Waals surface area (Å²) >= 11 is 0. The maximum Gasteiger partial charge on any atom is 0.240 e. The van der Waals surface area contributed by atoms with Crippen LogP contribution in [0.25, 0.3) is 0 Å². The molecule has 2 aliphatic heterocycles. The third-order valence-corrected chi connectivity index (χ3v) is 4.77. The van der Waals surface area contributed by atoms with E-state index in [9.17, 15) is 4.79 Å². The summed E-state index contributed by atoms with van der Waals surface area (Å²) in [4.78, 5) is 14.9. The van der Waals surface area contributed by atoms with Crippen LogP contribution < -0.4 is 11.1 Å². The maximum atomic E-state index is 12.3. The zero-order chi connectivity index (χ0) is 13.3. The summed E-state index contributed by atoms with van der Waals surface area (Å²) < 4.78 is 5.29. The highest BCUT2D eigenvalue weighted by Crippen LogP contribution is 2.29. The van der Waals surface area contributed by atoms with Crippen LogP contribution in [0.2, 0.25) is 0 Å². The fraction of sp³-hybridized carbons (Fsp3) is 0.929. The van der Waals surface area contributed by atoms with Crippen molar-refractivity contribution in [1.29, 1.82) is 0 Å². The van der Waals surface area contributed by atoms with Crippen LogP contribution in [-0.4, -0.2) is 54.7 Å². The molecule has 0 spiro atoms. The highest BCUT2D eigenvalue weighted by molar-refractivity contribution is 5.86. The molecule has 0 aromatic rings. The van der Waals surface area contributed by atoms with E-state index in [2.05, 4.69) is 10.2 Å². The number of hydrogen-bond donors (Lipinski definition) is 2. The monoisotopic (exact) mass is 267 g/mol. The molecule has 3 rings (SSSR count). The molecule has 3 N–H and O–H groups in total. The fourth-order valence-electron chi connectivity index (χ4n) is 3.14. The molecular weight excluding hydrogens is 242 g/mol. The number of ether oxygens (including phenoxy) is 1. The Hall–Kier alpha value is -0.650. The molecular formula is C14H25N3O2. The standard InChI is InChI=1S/C14H25N3O2/c15-14(5-9-19-10-6-14)13(18)16-11-3-7-17(8-4-11)12-1-2-12/h11-12H,1-10,15H2,(H,16,18). The Morgan fingerprint density at radius 1 is 1.16 bits per heavy atom. The van der Waals surface area contributed by atoms with Gasteiger partial charge in [-0.2, -0.15) is 0 Å². The summed E-state index contributed by atoms with van der Waals surface area (Å²) in [5.41, 5.74) is 5.50. The van der Waals surface area contributed by atoms with Crippen LogP contribution in [-0.2, 0) is 9.53 Å². The van der Waals surface area contributed by atoms with Crippen molar-refractivity contribution in [2.24, 2.45) is 5.73 Å². The predicted molar refractivity (Wildman–Crippen MR) is 72.7 cm³/mol. The van der Waals surface area contributed by atoms with Gasteiger partial charge in [-0.15, -0.1) is 0 Å². The second-order valence-electron chi connectivity index (χ2n) is 6.28. The number of nitrogens with one attached hydrogen (secondary N) is 1. The molecule has 0 unspecified atom stereocenters. The molecule has 1 amide bonds. The van der Waals surface area contributed by atoms with E-state index in [-0.39, 0.29) is 5.91 Å². The third-order valence-electron chi connectivity index (χ3n) is 4.77. The van der Waals surface area contributed by atoms with Crippen LogP contribution >= 0.6 is 0 Å². The quantitative estimate of drug-likeness (QED) is 0.768. The molecule has 1 aliphatic carbocycles. The molecule has 5 heteroatoms. The summed E-state index contributed by atoms with van der Waals surface area (Å²) in [6, 6.07) is 1.15. The molecule has 19 heavy (non-hydrogen) atoms. The number of nitrogens with two attached hydrogens (primary N) is 1. The molecule has 0 aromatic heterocycles. The van der Waals surface area contributed by atoms with Crippen LogP contribution in [0.5, 0.6) is 0 Å². The molecule has 1 saturated carbocycles. The van der Waals surface area contributed by atoms with Gasteiger partial charge >= 0.3 is 0 Å². The zero-order valence-electron chi connectivity index (χ0n) is 11.6. The van der Waals surface area contributed by atoms with E-state index in [1.165, 1.54) is 12.8 Å². The average Bonchev–Trinajstić information content (AvgIpc) is 3.25. The number of nitrogens with zero attached hydrogens (tertiary/aromatic N) is 1. The van der Waals surface area contributed by atoms with E-state index < -0.39 is 5.54 Å². The molecule has 2 saturated heterocycles. The smallest absolute Gasteiger partial charge is 0.240 e. The Morgan fingerprint density at radius 2 is 1.79 bits per heavy atom. The lowest BCUT2D eigenvalue weighted by Gasteiger charge is -2.36. The van der Waals surface area contributed by atoms with Gasteiger partial charge in [-0.25, -0.2) is 0 Å².